The molecule has 0 radical (unpaired) electrons. The summed E-state index contributed by atoms with van der Waals surface area (Å²) in [5.41, 5.74) is 1.27. The zero-order chi connectivity index (χ0) is 31.8. The number of thiocarbonyl (C=S) groups is 2. The van der Waals surface area contributed by atoms with E-state index in [0.29, 0.717) is 41.1 Å². The van der Waals surface area contributed by atoms with Gasteiger partial charge in [-0.1, -0.05) is 18.2 Å². The number of nitrogens with one attached hydrogen (secondary N) is 4. The maximum Gasteiger partial charge on any atom is 0.339 e. The van der Waals surface area contributed by atoms with Crippen molar-refractivity contribution in [1.29, 1.82) is 0 Å². The predicted molar refractivity (Wildman–Crippen MR) is 176 cm³/mol. The van der Waals surface area contributed by atoms with Gasteiger partial charge in [0, 0.05) is 12.2 Å². The van der Waals surface area contributed by atoms with E-state index in [-0.39, 0.29) is 39.7 Å². The lowest BCUT2D eigenvalue weighted by atomic mass is 10.1. The molecule has 0 unspecified atom stereocenters. The molecule has 0 atom stereocenters. The average Bonchev–Trinajstić information content (AvgIpc) is 3.02. The fourth-order valence-electron chi connectivity index (χ4n) is 4.08. The summed E-state index contributed by atoms with van der Waals surface area (Å²) in [6, 6.07) is 19.2. The molecular formula is C30H26FN7O5S2. The second kappa shape index (κ2) is 14.4. The third-order valence-corrected chi connectivity index (χ3v) is 6.58. The lowest BCUT2D eigenvalue weighted by Gasteiger charge is -2.14. The topological polar surface area (TPSA) is 145 Å². The fourth-order valence-corrected chi connectivity index (χ4v) is 4.48. The van der Waals surface area contributed by atoms with E-state index >= 15 is 0 Å². The highest BCUT2D eigenvalue weighted by Gasteiger charge is 2.15. The standard InChI is InChI=1S/C30H26FN7O5S2/c1-40-22-12-7-17(15-24(22)41-2)13-14-32-29(44)37-26-34-27(38-30(45)33-19-10-8-18(31)9-11-19)36-28(35-26)43-23-16-25(39)42-21-6-4-3-5-20(21)23/h3-12,15-16H,13-14H2,1-2H3,(H4,32,33,34,35,36,37,38,44,45). The first-order valence-electron chi connectivity index (χ1n) is 13.4. The Labute approximate surface area is 267 Å². The number of hydrogen-bond acceptors (Lipinski definition) is 10. The van der Waals surface area contributed by atoms with E-state index in [1.165, 1.54) is 30.3 Å². The van der Waals surface area contributed by atoms with Gasteiger partial charge in [0.2, 0.25) is 11.9 Å². The number of ether oxygens (including phenoxy) is 3. The van der Waals surface area contributed by atoms with Gasteiger partial charge in [-0.15, -0.1) is 0 Å². The van der Waals surface area contributed by atoms with E-state index in [4.69, 9.17) is 43.1 Å². The largest absolute Gasteiger partial charge is 0.493 e. The highest BCUT2D eigenvalue weighted by molar-refractivity contribution is 7.80. The normalized spacial score (nSPS) is 10.6. The highest BCUT2D eigenvalue weighted by atomic mass is 32.1. The Morgan fingerprint density at radius 2 is 1.53 bits per heavy atom. The Hall–Kier alpha value is -5.41. The van der Waals surface area contributed by atoms with Gasteiger partial charge in [0.15, 0.2) is 21.7 Å². The first-order chi connectivity index (χ1) is 21.8. The van der Waals surface area contributed by atoms with E-state index in [1.807, 2.05) is 18.2 Å². The van der Waals surface area contributed by atoms with Gasteiger partial charge in [-0.3, -0.25) is 0 Å². The van der Waals surface area contributed by atoms with Crippen LogP contribution in [0.15, 0.2) is 82.0 Å². The summed E-state index contributed by atoms with van der Waals surface area (Å²) < 4.78 is 35.2. The minimum Gasteiger partial charge on any atom is -0.493 e. The fraction of sp³-hybridized carbons (Fsp3) is 0.133. The van der Waals surface area contributed by atoms with Gasteiger partial charge in [0.05, 0.1) is 25.7 Å². The molecule has 0 aliphatic carbocycles. The van der Waals surface area contributed by atoms with Crippen LogP contribution >= 0.6 is 24.4 Å². The Kier molecular flexibility index (Phi) is 9.91. The van der Waals surface area contributed by atoms with Crippen LogP contribution in [0.25, 0.3) is 11.0 Å². The smallest absolute Gasteiger partial charge is 0.339 e. The van der Waals surface area contributed by atoms with E-state index in [1.54, 1.807) is 38.5 Å². The number of fused-ring (bicyclic) bond motifs is 1. The zero-order valence-electron chi connectivity index (χ0n) is 23.9. The summed E-state index contributed by atoms with van der Waals surface area (Å²) in [5, 5.41) is 12.7. The van der Waals surface area contributed by atoms with Crippen LogP contribution in [0, 0.1) is 5.82 Å². The SMILES string of the molecule is COc1ccc(CCNC(=S)Nc2nc(NC(=S)Nc3ccc(F)cc3)nc(Oc3cc(=O)oc4ccccc34)n2)cc1OC. The van der Waals surface area contributed by atoms with Gasteiger partial charge < -0.3 is 39.9 Å². The molecule has 230 valence electrons. The molecule has 45 heavy (non-hydrogen) atoms. The Balaban J connectivity index is 1.33. The summed E-state index contributed by atoms with van der Waals surface area (Å²) in [4.78, 5) is 25.1. The maximum absolute atomic E-state index is 13.3. The van der Waals surface area contributed by atoms with Crippen molar-refractivity contribution >= 4 is 63.2 Å². The van der Waals surface area contributed by atoms with Crippen molar-refractivity contribution in [2.75, 3.05) is 36.7 Å². The number of methoxy groups -OCH3 is 2. The van der Waals surface area contributed by atoms with Crippen LogP contribution in [0.1, 0.15) is 5.56 Å². The van der Waals surface area contributed by atoms with Crippen molar-refractivity contribution in [2.24, 2.45) is 0 Å². The number of halogens is 1. The van der Waals surface area contributed by atoms with Crippen molar-refractivity contribution < 1.29 is 23.0 Å². The molecule has 0 amide bonds. The molecule has 12 nitrogen and oxygen atoms in total. The van der Waals surface area contributed by atoms with Crippen LogP contribution in [0.4, 0.5) is 22.0 Å². The molecule has 0 fully saturated rings. The van der Waals surface area contributed by atoms with Crippen LogP contribution in [-0.2, 0) is 6.42 Å². The monoisotopic (exact) mass is 647 g/mol. The van der Waals surface area contributed by atoms with Crippen LogP contribution < -0.4 is 41.1 Å². The van der Waals surface area contributed by atoms with Crippen molar-refractivity contribution in [2.45, 2.75) is 6.42 Å². The molecule has 5 aromatic rings. The number of anilines is 3. The van der Waals surface area contributed by atoms with Crippen molar-refractivity contribution in [3.8, 4) is 23.3 Å². The van der Waals surface area contributed by atoms with Crippen LogP contribution in [-0.4, -0.2) is 45.9 Å². The number of benzene rings is 3. The molecule has 4 N–H and O–H groups in total. The second-order valence-corrected chi connectivity index (χ2v) is 10.0. The third kappa shape index (κ3) is 8.36. The number of rotatable bonds is 10. The molecule has 3 aromatic carbocycles. The van der Waals surface area contributed by atoms with Crippen LogP contribution in [0.3, 0.4) is 0 Å². The lowest BCUT2D eigenvalue weighted by Crippen LogP contribution is -2.31. The zero-order valence-corrected chi connectivity index (χ0v) is 25.6. The molecule has 0 bridgehead atoms. The summed E-state index contributed by atoms with van der Waals surface area (Å²) in [6.45, 7) is 0.484. The number of nitrogens with zero attached hydrogens (tertiary/aromatic N) is 3. The molecule has 0 aliphatic heterocycles. The molecule has 0 spiro atoms. The van der Waals surface area contributed by atoms with Crippen LogP contribution in [0.2, 0.25) is 0 Å². The van der Waals surface area contributed by atoms with Crippen LogP contribution in [0.5, 0.6) is 23.3 Å². The summed E-state index contributed by atoms with van der Waals surface area (Å²) >= 11 is 10.9. The number of hydrogen-bond donors (Lipinski definition) is 4. The molecule has 2 heterocycles. The molecular weight excluding hydrogens is 622 g/mol. The summed E-state index contributed by atoms with van der Waals surface area (Å²) in [5.74, 6) is 1.09. The van der Waals surface area contributed by atoms with Crippen molar-refractivity contribution in [1.82, 2.24) is 20.3 Å². The minimum absolute atomic E-state index is 0.00232. The first-order valence-corrected chi connectivity index (χ1v) is 14.2. The van der Waals surface area contributed by atoms with Crippen molar-refractivity contribution in [3.63, 3.8) is 0 Å². The van der Waals surface area contributed by atoms with Gasteiger partial charge in [-0.25, -0.2) is 9.18 Å². The maximum atomic E-state index is 13.3. The van der Waals surface area contributed by atoms with Gasteiger partial charge >= 0.3 is 11.6 Å². The molecule has 0 aliphatic rings. The van der Waals surface area contributed by atoms with E-state index in [0.717, 1.165) is 5.56 Å². The lowest BCUT2D eigenvalue weighted by molar-refractivity contribution is 0.354. The third-order valence-electron chi connectivity index (χ3n) is 6.13. The van der Waals surface area contributed by atoms with Gasteiger partial charge in [-0.05, 0) is 85.0 Å². The van der Waals surface area contributed by atoms with Gasteiger partial charge in [-0.2, -0.15) is 15.0 Å². The van der Waals surface area contributed by atoms with Crippen molar-refractivity contribution in [3.05, 3.63) is 94.6 Å². The number of aromatic nitrogens is 3. The summed E-state index contributed by atoms with van der Waals surface area (Å²) in [6.07, 6.45) is 0.632. The van der Waals surface area contributed by atoms with Gasteiger partial charge in [0.25, 0.3) is 0 Å². The molecule has 0 saturated heterocycles. The summed E-state index contributed by atoms with van der Waals surface area (Å²) in [7, 11) is 3.16. The minimum atomic E-state index is -0.612. The number of para-hydroxylation sites is 1. The molecule has 5 rings (SSSR count). The predicted octanol–water partition coefficient (Wildman–Crippen LogP) is 5.26. The molecule has 0 saturated carbocycles. The Morgan fingerprint density at radius 1 is 0.822 bits per heavy atom. The molecule has 2 aromatic heterocycles. The Morgan fingerprint density at radius 3 is 2.27 bits per heavy atom. The molecule has 15 heteroatoms. The quantitative estimate of drug-likeness (QED) is 0.115. The highest BCUT2D eigenvalue weighted by Crippen LogP contribution is 2.28. The van der Waals surface area contributed by atoms with E-state index < -0.39 is 5.63 Å². The first kappa shape index (κ1) is 31.0. The van der Waals surface area contributed by atoms with E-state index in [2.05, 4.69) is 36.2 Å². The second-order valence-electron chi connectivity index (χ2n) is 9.20. The average molecular weight is 648 g/mol. The van der Waals surface area contributed by atoms with Gasteiger partial charge in [0.1, 0.15) is 17.1 Å². The Bertz CT molecular complexity index is 1910. The van der Waals surface area contributed by atoms with E-state index in [9.17, 15) is 9.18 Å².